The molecule has 3 rings (SSSR count). The Bertz CT molecular complexity index is 906. The number of hydrogen-bond acceptors (Lipinski definition) is 5. The van der Waals surface area contributed by atoms with Crippen LogP contribution in [0.1, 0.15) is 5.56 Å². The molecular formula is C22H23FN2O4. The third-order valence-corrected chi connectivity index (χ3v) is 4.64. The van der Waals surface area contributed by atoms with Gasteiger partial charge in [-0.15, -0.1) is 0 Å². The Morgan fingerprint density at radius 3 is 2.14 bits per heavy atom. The number of benzene rings is 2. The van der Waals surface area contributed by atoms with E-state index in [1.54, 1.807) is 49.5 Å². The summed E-state index contributed by atoms with van der Waals surface area (Å²) < 4.78 is 24.1. The minimum atomic E-state index is -0.520. The molecule has 2 aromatic rings. The number of imide groups is 1. The van der Waals surface area contributed by atoms with E-state index in [4.69, 9.17) is 9.47 Å². The molecule has 0 bridgehead atoms. The van der Waals surface area contributed by atoms with E-state index >= 15 is 0 Å². The van der Waals surface area contributed by atoms with Gasteiger partial charge >= 0.3 is 0 Å². The van der Waals surface area contributed by atoms with Crippen LogP contribution in [0.2, 0.25) is 0 Å². The lowest BCUT2D eigenvalue weighted by atomic mass is 10.0. The highest BCUT2D eigenvalue weighted by atomic mass is 19.1. The van der Waals surface area contributed by atoms with Crippen LogP contribution in [-0.2, 0) is 19.1 Å². The number of amides is 2. The van der Waals surface area contributed by atoms with E-state index in [-0.39, 0.29) is 17.0 Å². The molecule has 0 spiro atoms. The van der Waals surface area contributed by atoms with Crippen LogP contribution in [0, 0.1) is 5.82 Å². The second kappa shape index (κ2) is 9.45. The molecule has 0 saturated carbocycles. The summed E-state index contributed by atoms with van der Waals surface area (Å²) in [6, 6.07) is 14.5. The second-order valence-corrected chi connectivity index (χ2v) is 6.49. The Labute approximate surface area is 169 Å². The fourth-order valence-electron chi connectivity index (χ4n) is 3.26. The van der Waals surface area contributed by atoms with Crippen molar-refractivity contribution in [2.75, 3.05) is 45.4 Å². The normalized spacial score (nSPS) is 14.1. The lowest BCUT2D eigenvalue weighted by Gasteiger charge is -2.25. The lowest BCUT2D eigenvalue weighted by molar-refractivity contribution is -0.120. The molecule has 0 aliphatic carbocycles. The summed E-state index contributed by atoms with van der Waals surface area (Å²) in [6.45, 7) is 1.55. The van der Waals surface area contributed by atoms with Crippen molar-refractivity contribution in [3.05, 3.63) is 71.7 Å². The maximum absolute atomic E-state index is 13.8. The Morgan fingerprint density at radius 2 is 1.55 bits per heavy atom. The minimum absolute atomic E-state index is 0.196. The Morgan fingerprint density at radius 1 is 0.897 bits per heavy atom. The van der Waals surface area contributed by atoms with Crippen LogP contribution in [-0.4, -0.2) is 57.2 Å². The number of rotatable bonds is 9. The molecular weight excluding hydrogens is 375 g/mol. The van der Waals surface area contributed by atoms with Crippen molar-refractivity contribution in [1.29, 1.82) is 0 Å². The van der Waals surface area contributed by atoms with Crippen LogP contribution < -0.4 is 4.90 Å². The zero-order chi connectivity index (χ0) is 20.8. The maximum Gasteiger partial charge on any atom is 0.282 e. The number of nitrogens with zero attached hydrogens (tertiary/aromatic N) is 2. The molecule has 0 saturated heterocycles. The predicted octanol–water partition coefficient (Wildman–Crippen LogP) is 2.71. The first-order chi connectivity index (χ1) is 14.1. The number of anilines is 1. The summed E-state index contributed by atoms with van der Waals surface area (Å²) in [5.41, 5.74) is 1.37. The molecule has 6 nitrogen and oxygen atoms in total. The van der Waals surface area contributed by atoms with Crippen molar-refractivity contribution in [1.82, 2.24) is 4.90 Å². The van der Waals surface area contributed by atoms with Crippen molar-refractivity contribution >= 4 is 23.1 Å². The van der Waals surface area contributed by atoms with Crippen molar-refractivity contribution in [3.63, 3.8) is 0 Å². The van der Waals surface area contributed by atoms with Gasteiger partial charge in [-0.3, -0.25) is 9.59 Å². The second-order valence-electron chi connectivity index (χ2n) is 6.49. The summed E-state index contributed by atoms with van der Waals surface area (Å²) in [4.78, 5) is 29.5. The highest BCUT2D eigenvalue weighted by molar-refractivity contribution is 6.45. The molecule has 0 fully saturated rings. The highest BCUT2D eigenvalue weighted by Crippen LogP contribution is 2.34. The number of halogens is 1. The molecule has 0 aromatic heterocycles. The third-order valence-electron chi connectivity index (χ3n) is 4.64. The average Bonchev–Trinajstić information content (AvgIpc) is 2.99. The van der Waals surface area contributed by atoms with Gasteiger partial charge in [0.25, 0.3) is 11.8 Å². The van der Waals surface area contributed by atoms with Crippen molar-refractivity contribution < 1.29 is 23.5 Å². The van der Waals surface area contributed by atoms with Crippen LogP contribution in [0.4, 0.5) is 10.1 Å². The van der Waals surface area contributed by atoms with Crippen molar-refractivity contribution in [2.45, 2.75) is 0 Å². The zero-order valence-corrected chi connectivity index (χ0v) is 16.4. The monoisotopic (exact) mass is 398 g/mol. The SMILES string of the molecule is COCCN(CCOC)C1=C(c2ccccc2)C(=O)N(c2cccc(F)c2)C1=O. The molecule has 152 valence electrons. The van der Waals surface area contributed by atoms with Crippen LogP contribution >= 0.6 is 0 Å². The van der Waals surface area contributed by atoms with E-state index in [9.17, 15) is 14.0 Å². The van der Waals surface area contributed by atoms with Gasteiger partial charge in [0.15, 0.2) is 0 Å². The number of carbonyl (C=O) groups excluding carboxylic acids is 2. The van der Waals surface area contributed by atoms with Gasteiger partial charge in [0.1, 0.15) is 11.5 Å². The van der Waals surface area contributed by atoms with Crippen molar-refractivity contribution in [2.24, 2.45) is 0 Å². The van der Waals surface area contributed by atoms with Gasteiger partial charge in [0, 0.05) is 27.3 Å². The van der Waals surface area contributed by atoms with Gasteiger partial charge in [-0.1, -0.05) is 36.4 Å². The first-order valence-corrected chi connectivity index (χ1v) is 9.25. The highest BCUT2D eigenvalue weighted by Gasteiger charge is 2.42. The fraction of sp³-hybridized carbons (Fsp3) is 0.273. The Hall–Kier alpha value is -3.03. The summed E-state index contributed by atoms with van der Waals surface area (Å²) in [5, 5.41) is 0. The van der Waals surface area contributed by atoms with Crippen LogP contribution in [0.3, 0.4) is 0 Å². The number of hydrogen-bond donors (Lipinski definition) is 0. The molecule has 2 aromatic carbocycles. The van der Waals surface area contributed by atoms with Crippen LogP contribution in [0.15, 0.2) is 60.3 Å². The summed E-state index contributed by atoms with van der Waals surface area (Å²) >= 11 is 0. The Kier molecular flexibility index (Phi) is 6.74. The van der Waals surface area contributed by atoms with E-state index < -0.39 is 17.6 Å². The Balaban J connectivity index is 2.11. The number of methoxy groups -OCH3 is 2. The van der Waals surface area contributed by atoms with Gasteiger partial charge in [0.2, 0.25) is 0 Å². The van der Waals surface area contributed by atoms with E-state index in [1.807, 2.05) is 6.07 Å². The predicted molar refractivity (Wildman–Crippen MR) is 108 cm³/mol. The smallest absolute Gasteiger partial charge is 0.282 e. The molecule has 0 unspecified atom stereocenters. The van der Waals surface area contributed by atoms with Gasteiger partial charge in [0.05, 0.1) is 24.5 Å². The van der Waals surface area contributed by atoms with Gasteiger partial charge in [-0.2, -0.15) is 0 Å². The first-order valence-electron chi connectivity index (χ1n) is 9.25. The molecule has 0 N–H and O–H groups in total. The molecule has 0 atom stereocenters. The maximum atomic E-state index is 13.8. The fourth-order valence-corrected chi connectivity index (χ4v) is 3.26. The molecule has 0 radical (unpaired) electrons. The summed E-state index contributed by atoms with van der Waals surface area (Å²) in [6.07, 6.45) is 0. The number of ether oxygens (including phenoxy) is 2. The van der Waals surface area contributed by atoms with E-state index in [0.717, 1.165) is 4.90 Å². The van der Waals surface area contributed by atoms with Crippen LogP contribution in [0.25, 0.3) is 5.57 Å². The van der Waals surface area contributed by atoms with Crippen molar-refractivity contribution in [3.8, 4) is 0 Å². The van der Waals surface area contributed by atoms with E-state index in [0.29, 0.717) is 31.9 Å². The molecule has 1 aliphatic rings. The molecule has 29 heavy (non-hydrogen) atoms. The average molecular weight is 398 g/mol. The largest absolute Gasteiger partial charge is 0.383 e. The van der Waals surface area contributed by atoms with Gasteiger partial charge in [-0.25, -0.2) is 9.29 Å². The van der Waals surface area contributed by atoms with Gasteiger partial charge in [-0.05, 0) is 23.8 Å². The van der Waals surface area contributed by atoms with E-state index in [2.05, 4.69) is 0 Å². The molecule has 7 heteroatoms. The minimum Gasteiger partial charge on any atom is -0.383 e. The van der Waals surface area contributed by atoms with E-state index in [1.165, 1.54) is 18.2 Å². The lowest BCUT2D eigenvalue weighted by Crippen LogP contribution is -2.37. The quantitative estimate of drug-likeness (QED) is 0.608. The standard InChI is InChI=1S/C22H23FN2O4/c1-28-13-11-24(12-14-29-2)20-19(16-7-4-3-5-8-16)21(26)25(22(20)27)18-10-6-9-17(23)15-18/h3-10,15H,11-14H2,1-2H3. The molecule has 2 amide bonds. The molecule has 1 heterocycles. The van der Waals surface area contributed by atoms with Gasteiger partial charge < -0.3 is 14.4 Å². The molecule has 1 aliphatic heterocycles. The zero-order valence-electron chi connectivity index (χ0n) is 16.4. The summed E-state index contributed by atoms with van der Waals surface area (Å²) in [5.74, 6) is -1.50. The van der Waals surface area contributed by atoms with Crippen LogP contribution in [0.5, 0.6) is 0 Å². The topological polar surface area (TPSA) is 59.1 Å². The third kappa shape index (κ3) is 4.36. The summed E-state index contributed by atoms with van der Waals surface area (Å²) in [7, 11) is 3.14. The number of carbonyl (C=O) groups is 2. The first kappa shape index (κ1) is 20.7.